The molecule has 7 heteroatoms. The first-order chi connectivity index (χ1) is 13.1. The van der Waals surface area contributed by atoms with Gasteiger partial charge in [0.15, 0.2) is 0 Å². The summed E-state index contributed by atoms with van der Waals surface area (Å²) < 4.78 is 5.55. The Kier molecular flexibility index (Phi) is 5.90. The van der Waals surface area contributed by atoms with Crippen LogP contribution in [-0.4, -0.2) is 30.5 Å². The number of para-hydroxylation sites is 2. The molecular weight excluding hydrogens is 346 g/mol. The topological polar surface area (TPSA) is 84.7 Å². The van der Waals surface area contributed by atoms with E-state index in [1.807, 2.05) is 13.0 Å². The minimum Gasteiger partial charge on any atom is -0.492 e. The second-order valence-electron chi connectivity index (χ2n) is 6.39. The fourth-order valence-corrected chi connectivity index (χ4v) is 3.27. The number of hydrogen-bond acceptors (Lipinski definition) is 5. The van der Waals surface area contributed by atoms with Gasteiger partial charge in [0, 0.05) is 25.2 Å². The highest BCUT2D eigenvalue weighted by molar-refractivity contribution is 6.09. The molecule has 1 aliphatic heterocycles. The van der Waals surface area contributed by atoms with E-state index in [1.165, 1.54) is 12.1 Å². The number of ether oxygens (including phenoxy) is 1. The van der Waals surface area contributed by atoms with Crippen molar-refractivity contribution in [3.8, 4) is 5.75 Å². The average molecular weight is 369 g/mol. The zero-order valence-corrected chi connectivity index (χ0v) is 15.3. The lowest BCUT2D eigenvalue weighted by atomic mass is 10.1. The van der Waals surface area contributed by atoms with Crippen molar-refractivity contribution in [1.29, 1.82) is 0 Å². The molecule has 2 aromatic rings. The molecule has 142 valence electrons. The predicted molar refractivity (Wildman–Crippen MR) is 105 cm³/mol. The molecule has 1 saturated heterocycles. The highest BCUT2D eigenvalue weighted by atomic mass is 16.6. The Morgan fingerprint density at radius 2 is 1.93 bits per heavy atom. The number of amides is 1. The summed E-state index contributed by atoms with van der Waals surface area (Å²) in [7, 11) is 0. The lowest BCUT2D eigenvalue weighted by Gasteiger charge is -2.30. The summed E-state index contributed by atoms with van der Waals surface area (Å²) in [5.74, 6) is 0.185. The molecule has 7 nitrogen and oxygen atoms in total. The van der Waals surface area contributed by atoms with Gasteiger partial charge in [-0.25, -0.2) is 0 Å². The summed E-state index contributed by atoms with van der Waals surface area (Å²) >= 11 is 0. The van der Waals surface area contributed by atoms with Crippen molar-refractivity contribution in [1.82, 2.24) is 0 Å². The Bertz CT molecular complexity index is 832. The third-order valence-corrected chi connectivity index (χ3v) is 4.57. The number of rotatable bonds is 6. The van der Waals surface area contributed by atoms with E-state index in [0.717, 1.165) is 38.0 Å². The maximum absolute atomic E-state index is 13.0. The zero-order chi connectivity index (χ0) is 19.2. The van der Waals surface area contributed by atoms with Gasteiger partial charge >= 0.3 is 0 Å². The number of nitro benzene ring substituents is 1. The summed E-state index contributed by atoms with van der Waals surface area (Å²) in [6.07, 6.45) is 3.25. The molecule has 0 spiro atoms. The van der Waals surface area contributed by atoms with Gasteiger partial charge in [-0.1, -0.05) is 12.1 Å². The van der Waals surface area contributed by atoms with E-state index in [0.29, 0.717) is 23.6 Å². The molecule has 1 fully saturated rings. The molecule has 0 saturated carbocycles. The Labute approximate surface area is 158 Å². The minimum absolute atomic E-state index is 0.0981. The second-order valence-corrected chi connectivity index (χ2v) is 6.39. The van der Waals surface area contributed by atoms with Crippen LogP contribution in [0, 0.1) is 10.1 Å². The fraction of sp³-hybridized carbons (Fsp3) is 0.350. The van der Waals surface area contributed by atoms with E-state index in [2.05, 4.69) is 10.2 Å². The van der Waals surface area contributed by atoms with Gasteiger partial charge in [0.05, 0.1) is 28.5 Å². The summed E-state index contributed by atoms with van der Waals surface area (Å²) in [4.78, 5) is 25.8. The van der Waals surface area contributed by atoms with Gasteiger partial charge in [-0.15, -0.1) is 0 Å². The number of piperidine rings is 1. The maximum atomic E-state index is 13.0. The average Bonchev–Trinajstić information content (AvgIpc) is 2.70. The molecule has 2 aromatic carbocycles. The monoisotopic (exact) mass is 369 g/mol. The fourth-order valence-electron chi connectivity index (χ4n) is 3.27. The Morgan fingerprint density at radius 3 is 2.63 bits per heavy atom. The third kappa shape index (κ3) is 4.36. The van der Waals surface area contributed by atoms with Crippen molar-refractivity contribution in [2.24, 2.45) is 0 Å². The molecule has 0 atom stereocenters. The van der Waals surface area contributed by atoms with Crippen LogP contribution in [0.3, 0.4) is 0 Å². The van der Waals surface area contributed by atoms with Gasteiger partial charge < -0.3 is 15.0 Å². The molecule has 0 radical (unpaired) electrons. The van der Waals surface area contributed by atoms with Gasteiger partial charge in [-0.2, -0.15) is 0 Å². The largest absolute Gasteiger partial charge is 0.492 e. The molecule has 0 aromatic heterocycles. The standard InChI is InChI=1S/C20H23N3O4/c1-2-27-19-9-5-4-8-17(19)21-20(24)16-14-15(23(25)26)10-11-18(16)22-12-6-3-7-13-22/h4-5,8-11,14H,2-3,6-7,12-13H2,1H3,(H,21,24). The number of hydrogen-bond donors (Lipinski definition) is 1. The van der Waals surface area contributed by atoms with Crippen LogP contribution < -0.4 is 15.0 Å². The van der Waals surface area contributed by atoms with E-state index in [1.54, 1.807) is 24.3 Å². The van der Waals surface area contributed by atoms with E-state index < -0.39 is 4.92 Å². The van der Waals surface area contributed by atoms with Gasteiger partial charge in [0.2, 0.25) is 0 Å². The summed E-state index contributed by atoms with van der Waals surface area (Å²) in [6, 6.07) is 11.6. The van der Waals surface area contributed by atoms with Crippen LogP contribution in [0.25, 0.3) is 0 Å². The number of carbonyl (C=O) groups excluding carboxylic acids is 1. The Hall–Kier alpha value is -3.09. The molecule has 0 unspecified atom stereocenters. The van der Waals surface area contributed by atoms with Gasteiger partial charge in [0.25, 0.3) is 11.6 Å². The van der Waals surface area contributed by atoms with Gasteiger partial charge in [0.1, 0.15) is 5.75 Å². The number of nitrogens with one attached hydrogen (secondary N) is 1. The van der Waals surface area contributed by atoms with Crippen molar-refractivity contribution < 1.29 is 14.5 Å². The zero-order valence-electron chi connectivity index (χ0n) is 15.3. The Balaban J connectivity index is 1.94. The van der Waals surface area contributed by atoms with Crippen LogP contribution in [0.2, 0.25) is 0 Å². The first-order valence-electron chi connectivity index (χ1n) is 9.16. The van der Waals surface area contributed by atoms with Gasteiger partial charge in [-0.05, 0) is 44.4 Å². The van der Waals surface area contributed by atoms with Crippen LogP contribution in [0.15, 0.2) is 42.5 Å². The second kappa shape index (κ2) is 8.53. The molecule has 1 heterocycles. The maximum Gasteiger partial charge on any atom is 0.270 e. The number of non-ortho nitro benzene ring substituents is 1. The molecule has 1 amide bonds. The first kappa shape index (κ1) is 18.7. The van der Waals surface area contributed by atoms with E-state index >= 15 is 0 Å². The number of carbonyl (C=O) groups is 1. The molecule has 3 rings (SSSR count). The minimum atomic E-state index is -0.481. The smallest absolute Gasteiger partial charge is 0.270 e. The summed E-state index contributed by atoms with van der Waals surface area (Å²) in [5, 5.41) is 14.0. The molecule has 1 N–H and O–H groups in total. The van der Waals surface area contributed by atoms with Crippen LogP contribution in [0.4, 0.5) is 17.1 Å². The molecule has 27 heavy (non-hydrogen) atoms. The lowest BCUT2D eigenvalue weighted by molar-refractivity contribution is -0.384. The predicted octanol–water partition coefficient (Wildman–Crippen LogP) is 4.24. The number of nitro groups is 1. The van der Waals surface area contributed by atoms with Crippen molar-refractivity contribution >= 4 is 23.0 Å². The summed E-state index contributed by atoms with van der Waals surface area (Å²) in [5.41, 5.74) is 1.48. The quantitative estimate of drug-likeness (QED) is 0.608. The van der Waals surface area contributed by atoms with Crippen molar-refractivity contribution in [2.45, 2.75) is 26.2 Å². The first-order valence-corrected chi connectivity index (χ1v) is 9.16. The normalized spacial score (nSPS) is 13.9. The van der Waals surface area contributed by atoms with E-state index in [4.69, 9.17) is 4.74 Å². The summed E-state index contributed by atoms with van der Waals surface area (Å²) in [6.45, 7) is 4.03. The molecule has 0 aliphatic carbocycles. The SMILES string of the molecule is CCOc1ccccc1NC(=O)c1cc([N+](=O)[O-])ccc1N1CCCCC1. The van der Waals surface area contributed by atoms with E-state index in [-0.39, 0.29) is 11.6 Å². The number of benzene rings is 2. The lowest BCUT2D eigenvalue weighted by Crippen LogP contribution is -2.31. The van der Waals surface area contributed by atoms with Crippen LogP contribution >= 0.6 is 0 Å². The highest BCUT2D eigenvalue weighted by Gasteiger charge is 2.22. The molecule has 1 aliphatic rings. The van der Waals surface area contributed by atoms with E-state index in [9.17, 15) is 14.9 Å². The van der Waals surface area contributed by atoms with Gasteiger partial charge in [-0.3, -0.25) is 14.9 Å². The highest BCUT2D eigenvalue weighted by Crippen LogP contribution is 2.30. The third-order valence-electron chi connectivity index (χ3n) is 4.57. The number of anilines is 2. The van der Waals surface area contributed by atoms with Crippen LogP contribution in [0.5, 0.6) is 5.75 Å². The van der Waals surface area contributed by atoms with Crippen LogP contribution in [-0.2, 0) is 0 Å². The Morgan fingerprint density at radius 1 is 1.19 bits per heavy atom. The molecular formula is C20H23N3O4. The molecule has 0 bridgehead atoms. The number of nitrogens with zero attached hydrogens (tertiary/aromatic N) is 2. The van der Waals surface area contributed by atoms with Crippen molar-refractivity contribution in [3.05, 3.63) is 58.1 Å². The van der Waals surface area contributed by atoms with Crippen LogP contribution in [0.1, 0.15) is 36.5 Å². The van der Waals surface area contributed by atoms with Crippen molar-refractivity contribution in [2.75, 3.05) is 29.9 Å². The van der Waals surface area contributed by atoms with Crippen molar-refractivity contribution in [3.63, 3.8) is 0 Å².